The summed E-state index contributed by atoms with van der Waals surface area (Å²) < 4.78 is 11.9. The molecule has 0 saturated heterocycles. The molecule has 0 aliphatic heterocycles. The van der Waals surface area contributed by atoms with Gasteiger partial charge < -0.3 is 9.26 Å². The van der Waals surface area contributed by atoms with Crippen molar-refractivity contribution in [2.24, 2.45) is 5.92 Å². The fourth-order valence-electron chi connectivity index (χ4n) is 2.71. The molecule has 140 valence electrons. The number of hydrogen-bond donors (Lipinski definition) is 0. The van der Waals surface area contributed by atoms with Crippen LogP contribution in [0.4, 0.5) is 0 Å². The molecule has 0 heterocycles. The molecule has 0 fully saturated rings. The average molecular weight is 364 g/mol. The Balaban J connectivity index is 3.15. The standard InChI is InChI=1S/C20H33NO3Si/c1-8-20(23-17(4)22)19(14-16(2)3)21(24-25(5,6)7)15-18-12-10-9-11-13-18/h8-13,16,19-20H,1,14-15H2,2-7H3/t19-,20+/m0/s1. The normalized spacial score (nSPS) is 14.4. The van der Waals surface area contributed by atoms with E-state index >= 15 is 0 Å². The lowest BCUT2D eigenvalue weighted by molar-refractivity contribution is -0.167. The number of ether oxygens (including phenoxy) is 1. The van der Waals surface area contributed by atoms with Gasteiger partial charge >= 0.3 is 5.97 Å². The molecule has 0 aliphatic carbocycles. The van der Waals surface area contributed by atoms with Gasteiger partial charge in [-0.3, -0.25) is 4.79 Å². The Bertz CT molecular complexity index is 540. The summed E-state index contributed by atoms with van der Waals surface area (Å²) in [6.07, 6.45) is 2.15. The zero-order valence-electron chi connectivity index (χ0n) is 16.5. The molecular weight excluding hydrogens is 330 g/mol. The van der Waals surface area contributed by atoms with Crippen molar-refractivity contribution in [3.8, 4) is 0 Å². The van der Waals surface area contributed by atoms with E-state index in [9.17, 15) is 4.79 Å². The fraction of sp³-hybridized carbons (Fsp3) is 0.550. The van der Waals surface area contributed by atoms with E-state index in [1.807, 2.05) is 23.3 Å². The number of carbonyl (C=O) groups excluding carboxylic acids is 1. The number of rotatable bonds is 10. The third-order valence-electron chi connectivity index (χ3n) is 3.57. The first-order chi connectivity index (χ1) is 11.6. The molecule has 0 aromatic heterocycles. The van der Waals surface area contributed by atoms with Gasteiger partial charge in [-0.1, -0.05) is 50.8 Å². The van der Waals surface area contributed by atoms with Gasteiger partial charge in [0.15, 0.2) is 0 Å². The first kappa shape index (κ1) is 21.6. The Kier molecular flexibility index (Phi) is 8.55. The maximum absolute atomic E-state index is 11.5. The Hall–Kier alpha value is -1.43. The number of carbonyl (C=O) groups is 1. The molecule has 2 atom stereocenters. The molecule has 1 aromatic carbocycles. The van der Waals surface area contributed by atoms with Gasteiger partial charge in [-0.15, -0.1) is 0 Å². The molecule has 1 aromatic rings. The van der Waals surface area contributed by atoms with Crippen LogP contribution in [-0.2, 0) is 20.6 Å². The van der Waals surface area contributed by atoms with Crippen molar-refractivity contribution in [2.75, 3.05) is 0 Å². The van der Waals surface area contributed by atoms with Crippen LogP contribution in [0.5, 0.6) is 0 Å². The molecule has 4 nitrogen and oxygen atoms in total. The number of hydrogen-bond acceptors (Lipinski definition) is 4. The van der Waals surface area contributed by atoms with E-state index in [0.29, 0.717) is 12.5 Å². The van der Waals surface area contributed by atoms with Crippen LogP contribution in [0.1, 0.15) is 32.8 Å². The van der Waals surface area contributed by atoms with Crippen LogP contribution in [0.2, 0.25) is 19.6 Å². The van der Waals surface area contributed by atoms with E-state index in [4.69, 9.17) is 9.26 Å². The van der Waals surface area contributed by atoms with E-state index in [0.717, 1.165) is 6.42 Å². The second-order valence-corrected chi connectivity index (χ2v) is 12.2. The zero-order chi connectivity index (χ0) is 19.0. The second-order valence-electron chi connectivity index (χ2n) is 7.77. The topological polar surface area (TPSA) is 38.8 Å². The van der Waals surface area contributed by atoms with Crippen LogP contribution in [0.15, 0.2) is 43.0 Å². The summed E-state index contributed by atoms with van der Waals surface area (Å²) in [4.78, 5) is 11.5. The molecule has 5 heteroatoms. The summed E-state index contributed by atoms with van der Waals surface area (Å²) >= 11 is 0. The summed E-state index contributed by atoms with van der Waals surface area (Å²) in [6.45, 7) is 16.8. The first-order valence-electron chi connectivity index (χ1n) is 8.92. The van der Waals surface area contributed by atoms with E-state index in [-0.39, 0.29) is 12.0 Å². The highest BCUT2D eigenvalue weighted by molar-refractivity contribution is 6.69. The van der Waals surface area contributed by atoms with E-state index in [2.05, 4.69) is 52.2 Å². The summed E-state index contributed by atoms with van der Waals surface area (Å²) in [7, 11) is -1.84. The lowest BCUT2D eigenvalue weighted by Gasteiger charge is -2.39. The molecule has 1 rings (SSSR count). The number of nitrogens with zero attached hydrogens (tertiary/aromatic N) is 1. The third-order valence-corrected chi connectivity index (χ3v) is 4.35. The molecule has 0 spiro atoms. The van der Waals surface area contributed by atoms with E-state index in [1.165, 1.54) is 12.5 Å². The van der Waals surface area contributed by atoms with Gasteiger partial charge in [0, 0.05) is 13.5 Å². The second kappa shape index (κ2) is 9.90. The largest absolute Gasteiger partial charge is 0.457 e. The fourth-order valence-corrected chi connectivity index (χ4v) is 3.61. The maximum atomic E-state index is 11.5. The van der Waals surface area contributed by atoms with E-state index < -0.39 is 14.4 Å². The number of benzene rings is 1. The minimum Gasteiger partial charge on any atom is -0.457 e. The van der Waals surface area contributed by atoms with Crippen molar-refractivity contribution in [1.29, 1.82) is 0 Å². The van der Waals surface area contributed by atoms with Gasteiger partial charge in [0.2, 0.25) is 8.32 Å². The Labute approximate surface area is 153 Å². The molecule has 0 amide bonds. The van der Waals surface area contributed by atoms with Gasteiger partial charge in [0.05, 0.1) is 6.04 Å². The van der Waals surface area contributed by atoms with Crippen LogP contribution < -0.4 is 0 Å². The van der Waals surface area contributed by atoms with Crippen LogP contribution in [0, 0.1) is 5.92 Å². The van der Waals surface area contributed by atoms with Crippen molar-refractivity contribution in [3.63, 3.8) is 0 Å². The molecule has 0 unspecified atom stereocenters. The molecular formula is C20H33NO3Si. The van der Waals surface area contributed by atoms with Crippen LogP contribution in [0.25, 0.3) is 0 Å². The van der Waals surface area contributed by atoms with Crippen molar-refractivity contribution in [2.45, 2.75) is 65.5 Å². The number of hydroxylamine groups is 2. The minimum absolute atomic E-state index is 0.0756. The highest BCUT2D eigenvalue weighted by Gasteiger charge is 2.33. The SMILES string of the molecule is C=C[C@@H](OC(C)=O)[C@H](CC(C)C)N(Cc1ccccc1)O[Si](C)(C)C. The summed E-state index contributed by atoms with van der Waals surface area (Å²) in [5.74, 6) is 0.137. The van der Waals surface area contributed by atoms with Crippen LogP contribution in [-0.4, -0.2) is 31.5 Å². The molecule has 0 saturated carbocycles. The predicted octanol–water partition coefficient (Wildman–Crippen LogP) is 4.79. The Morgan fingerprint density at radius 3 is 2.28 bits per heavy atom. The number of esters is 1. The average Bonchev–Trinajstić information content (AvgIpc) is 2.49. The van der Waals surface area contributed by atoms with Crippen molar-refractivity contribution >= 4 is 14.3 Å². The quantitative estimate of drug-likeness (QED) is 0.259. The highest BCUT2D eigenvalue weighted by atomic mass is 28.4. The maximum Gasteiger partial charge on any atom is 0.303 e. The van der Waals surface area contributed by atoms with Gasteiger partial charge in [-0.25, -0.2) is 0 Å². The Morgan fingerprint density at radius 2 is 1.84 bits per heavy atom. The van der Waals surface area contributed by atoms with Gasteiger partial charge in [0.1, 0.15) is 6.10 Å². The monoisotopic (exact) mass is 363 g/mol. The van der Waals surface area contributed by atoms with Crippen molar-refractivity contribution in [3.05, 3.63) is 48.6 Å². The molecule has 0 aliphatic rings. The summed E-state index contributed by atoms with van der Waals surface area (Å²) in [6, 6.07) is 10.1. The smallest absolute Gasteiger partial charge is 0.303 e. The van der Waals surface area contributed by atoms with Gasteiger partial charge in [-0.05, 0) is 43.6 Å². The summed E-state index contributed by atoms with van der Waals surface area (Å²) in [5.41, 5.74) is 1.17. The van der Waals surface area contributed by atoms with Crippen molar-refractivity contribution in [1.82, 2.24) is 5.06 Å². The van der Waals surface area contributed by atoms with Gasteiger partial charge in [0.25, 0.3) is 0 Å². The molecule has 25 heavy (non-hydrogen) atoms. The molecule has 0 radical (unpaired) electrons. The van der Waals surface area contributed by atoms with E-state index in [1.54, 1.807) is 6.08 Å². The Morgan fingerprint density at radius 1 is 1.24 bits per heavy atom. The lowest BCUT2D eigenvalue weighted by atomic mass is 9.98. The third kappa shape index (κ3) is 8.47. The predicted molar refractivity (Wildman–Crippen MR) is 105 cm³/mol. The summed E-state index contributed by atoms with van der Waals surface area (Å²) in [5, 5.41) is 2.01. The van der Waals surface area contributed by atoms with Crippen molar-refractivity contribution < 1.29 is 14.1 Å². The minimum atomic E-state index is -1.84. The van der Waals surface area contributed by atoms with Gasteiger partial charge in [-0.2, -0.15) is 5.06 Å². The highest BCUT2D eigenvalue weighted by Crippen LogP contribution is 2.24. The molecule has 0 bridgehead atoms. The zero-order valence-corrected chi connectivity index (χ0v) is 17.5. The first-order valence-corrected chi connectivity index (χ1v) is 12.3. The molecule has 0 N–H and O–H groups in total. The van der Waals surface area contributed by atoms with Crippen LogP contribution in [0.3, 0.4) is 0 Å². The van der Waals surface area contributed by atoms with Crippen LogP contribution >= 0.6 is 0 Å². The lowest BCUT2D eigenvalue weighted by Crippen LogP contribution is -2.49.